The molecule has 23 heavy (non-hydrogen) atoms. The van der Waals surface area contributed by atoms with Crippen molar-refractivity contribution in [2.75, 3.05) is 6.61 Å². The van der Waals surface area contributed by atoms with E-state index >= 15 is 0 Å². The van der Waals surface area contributed by atoms with Crippen molar-refractivity contribution in [2.24, 2.45) is 0 Å². The van der Waals surface area contributed by atoms with Crippen molar-refractivity contribution in [3.05, 3.63) is 58.6 Å². The zero-order valence-electron chi connectivity index (χ0n) is 13.3. The van der Waals surface area contributed by atoms with Gasteiger partial charge in [-0.2, -0.15) is 0 Å². The van der Waals surface area contributed by atoms with E-state index in [9.17, 15) is 10.2 Å². The van der Waals surface area contributed by atoms with Gasteiger partial charge in [0.25, 0.3) is 0 Å². The fraction of sp³-hybridized carbons (Fsp3) is 0.333. The Hall–Kier alpha value is -1.75. The Morgan fingerprint density at radius 3 is 2.52 bits per heavy atom. The second kappa shape index (κ2) is 8.20. The lowest BCUT2D eigenvalue weighted by atomic mass is 10.0. The van der Waals surface area contributed by atoms with Crippen LogP contribution in [0.4, 0.5) is 0 Å². The Kier molecular flexibility index (Phi) is 6.28. The Labute approximate surface area is 141 Å². The summed E-state index contributed by atoms with van der Waals surface area (Å²) >= 11 is 5.86. The lowest BCUT2D eigenvalue weighted by Crippen LogP contribution is -2.31. The lowest BCUT2D eigenvalue weighted by Gasteiger charge is -2.21. The van der Waals surface area contributed by atoms with Gasteiger partial charge in [-0.25, -0.2) is 0 Å². The predicted octanol–water partition coefficient (Wildman–Crippen LogP) is 3.66. The SMILES string of the molecule is CCOc1ccc(O)c(CNC(C)C(O)c2ccc(Cl)cc2)c1. The van der Waals surface area contributed by atoms with Gasteiger partial charge in [0.1, 0.15) is 11.5 Å². The van der Waals surface area contributed by atoms with Crippen LogP contribution in [0.1, 0.15) is 31.1 Å². The molecule has 0 spiro atoms. The first-order valence-corrected chi connectivity index (χ1v) is 8.00. The molecule has 0 aliphatic heterocycles. The third kappa shape index (κ3) is 4.86. The molecule has 0 saturated carbocycles. The number of ether oxygens (including phenoxy) is 1. The molecule has 0 aromatic heterocycles. The normalized spacial score (nSPS) is 13.6. The largest absolute Gasteiger partial charge is 0.508 e. The van der Waals surface area contributed by atoms with Crippen molar-refractivity contribution in [1.82, 2.24) is 5.32 Å². The Bertz CT molecular complexity index is 631. The van der Waals surface area contributed by atoms with E-state index in [1.165, 1.54) is 0 Å². The van der Waals surface area contributed by atoms with Crippen LogP contribution in [0, 0.1) is 0 Å². The monoisotopic (exact) mass is 335 g/mol. The van der Waals surface area contributed by atoms with Gasteiger partial charge in [0.2, 0.25) is 0 Å². The van der Waals surface area contributed by atoms with Crippen molar-refractivity contribution in [3.8, 4) is 11.5 Å². The van der Waals surface area contributed by atoms with Gasteiger partial charge in [0, 0.05) is 23.2 Å². The molecule has 0 aliphatic carbocycles. The van der Waals surface area contributed by atoms with E-state index in [2.05, 4.69) is 5.32 Å². The fourth-order valence-corrected chi connectivity index (χ4v) is 2.42. The number of aliphatic hydroxyl groups excluding tert-OH is 1. The highest BCUT2D eigenvalue weighted by Crippen LogP contribution is 2.24. The molecule has 3 N–H and O–H groups in total. The molecule has 2 rings (SSSR count). The summed E-state index contributed by atoms with van der Waals surface area (Å²) in [6.45, 7) is 4.81. The molecule has 2 atom stereocenters. The zero-order valence-corrected chi connectivity index (χ0v) is 14.0. The second-order valence-electron chi connectivity index (χ2n) is 5.39. The maximum Gasteiger partial charge on any atom is 0.120 e. The van der Waals surface area contributed by atoms with E-state index in [-0.39, 0.29) is 11.8 Å². The van der Waals surface area contributed by atoms with Crippen molar-refractivity contribution >= 4 is 11.6 Å². The van der Waals surface area contributed by atoms with E-state index in [0.717, 1.165) is 11.1 Å². The maximum atomic E-state index is 10.4. The predicted molar refractivity (Wildman–Crippen MR) is 92.0 cm³/mol. The smallest absolute Gasteiger partial charge is 0.120 e. The first-order chi connectivity index (χ1) is 11.0. The molecule has 2 aromatic carbocycles. The summed E-state index contributed by atoms with van der Waals surface area (Å²) in [6.07, 6.45) is -0.663. The summed E-state index contributed by atoms with van der Waals surface area (Å²) in [7, 11) is 0. The van der Waals surface area contributed by atoms with E-state index in [0.29, 0.717) is 23.9 Å². The van der Waals surface area contributed by atoms with Gasteiger partial charge in [-0.1, -0.05) is 23.7 Å². The van der Waals surface area contributed by atoms with Crippen molar-refractivity contribution in [1.29, 1.82) is 0 Å². The average molecular weight is 336 g/mol. The van der Waals surface area contributed by atoms with Gasteiger partial charge in [0.15, 0.2) is 0 Å². The number of aromatic hydroxyl groups is 1. The minimum absolute atomic E-state index is 0.189. The highest BCUT2D eigenvalue weighted by molar-refractivity contribution is 6.30. The number of benzene rings is 2. The first kappa shape index (κ1) is 17.6. The molecule has 5 heteroatoms. The summed E-state index contributed by atoms with van der Waals surface area (Å²) in [5.41, 5.74) is 1.52. The minimum Gasteiger partial charge on any atom is -0.508 e. The topological polar surface area (TPSA) is 61.7 Å². The number of phenols is 1. The fourth-order valence-electron chi connectivity index (χ4n) is 2.29. The molecule has 2 aromatic rings. The molecule has 124 valence electrons. The number of hydrogen-bond donors (Lipinski definition) is 3. The van der Waals surface area contributed by atoms with E-state index in [1.54, 1.807) is 42.5 Å². The molecule has 0 fully saturated rings. The number of aliphatic hydroxyl groups is 1. The number of halogens is 1. The van der Waals surface area contributed by atoms with Crippen LogP contribution in [-0.2, 0) is 6.54 Å². The molecule has 4 nitrogen and oxygen atoms in total. The van der Waals surface area contributed by atoms with Crippen molar-refractivity contribution < 1.29 is 14.9 Å². The molecule has 2 unspecified atom stereocenters. The number of rotatable bonds is 7. The van der Waals surface area contributed by atoms with Crippen LogP contribution in [0.5, 0.6) is 11.5 Å². The summed E-state index contributed by atoms with van der Waals surface area (Å²) in [4.78, 5) is 0. The molecule has 0 aliphatic rings. The Morgan fingerprint density at radius 2 is 1.87 bits per heavy atom. The first-order valence-electron chi connectivity index (χ1n) is 7.63. The third-order valence-electron chi connectivity index (χ3n) is 3.66. The van der Waals surface area contributed by atoms with Gasteiger partial charge in [-0.05, 0) is 49.7 Å². The molecule has 0 heterocycles. The Balaban J connectivity index is 1.99. The molecular formula is C18H22ClNO3. The average Bonchev–Trinajstić information content (AvgIpc) is 2.55. The van der Waals surface area contributed by atoms with Crippen LogP contribution in [0.3, 0.4) is 0 Å². The van der Waals surface area contributed by atoms with Crippen LogP contribution < -0.4 is 10.1 Å². The van der Waals surface area contributed by atoms with Gasteiger partial charge in [-0.3, -0.25) is 0 Å². The zero-order chi connectivity index (χ0) is 16.8. The number of phenolic OH excluding ortho intramolecular Hbond substituents is 1. The van der Waals surface area contributed by atoms with Crippen LogP contribution in [-0.4, -0.2) is 22.9 Å². The highest BCUT2D eigenvalue weighted by atomic mass is 35.5. The molecule has 0 amide bonds. The third-order valence-corrected chi connectivity index (χ3v) is 3.91. The van der Waals surface area contributed by atoms with E-state index in [1.807, 2.05) is 13.8 Å². The summed E-state index contributed by atoms with van der Waals surface area (Å²) in [5.74, 6) is 0.919. The summed E-state index contributed by atoms with van der Waals surface area (Å²) in [5, 5.41) is 24.2. The highest BCUT2D eigenvalue weighted by Gasteiger charge is 2.16. The standard InChI is InChI=1S/C18H22ClNO3/c1-3-23-16-8-9-17(21)14(10-16)11-20-12(2)18(22)13-4-6-15(19)7-5-13/h4-10,12,18,20-22H,3,11H2,1-2H3. The lowest BCUT2D eigenvalue weighted by molar-refractivity contribution is 0.135. The van der Waals surface area contributed by atoms with E-state index < -0.39 is 6.10 Å². The number of hydrogen-bond acceptors (Lipinski definition) is 4. The summed E-state index contributed by atoms with van der Waals surface area (Å²) in [6, 6.07) is 12.1. The maximum absolute atomic E-state index is 10.4. The number of nitrogens with one attached hydrogen (secondary N) is 1. The quantitative estimate of drug-likeness (QED) is 0.722. The van der Waals surface area contributed by atoms with E-state index in [4.69, 9.17) is 16.3 Å². The van der Waals surface area contributed by atoms with Gasteiger partial charge < -0.3 is 20.3 Å². The van der Waals surface area contributed by atoms with Gasteiger partial charge in [0.05, 0.1) is 12.7 Å². The minimum atomic E-state index is -0.663. The van der Waals surface area contributed by atoms with Crippen LogP contribution in [0.15, 0.2) is 42.5 Å². The van der Waals surface area contributed by atoms with Crippen LogP contribution >= 0.6 is 11.6 Å². The molecule has 0 saturated heterocycles. The van der Waals surface area contributed by atoms with Crippen LogP contribution in [0.2, 0.25) is 5.02 Å². The van der Waals surface area contributed by atoms with Gasteiger partial charge in [-0.15, -0.1) is 0 Å². The Morgan fingerprint density at radius 1 is 1.17 bits per heavy atom. The summed E-state index contributed by atoms with van der Waals surface area (Å²) < 4.78 is 5.44. The van der Waals surface area contributed by atoms with Gasteiger partial charge >= 0.3 is 0 Å². The van der Waals surface area contributed by atoms with Crippen molar-refractivity contribution in [2.45, 2.75) is 32.5 Å². The van der Waals surface area contributed by atoms with Crippen LogP contribution in [0.25, 0.3) is 0 Å². The second-order valence-corrected chi connectivity index (χ2v) is 5.83. The molecule has 0 radical (unpaired) electrons. The molecular weight excluding hydrogens is 314 g/mol. The van der Waals surface area contributed by atoms with Crippen molar-refractivity contribution in [3.63, 3.8) is 0 Å². The molecule has 0 bridgehead atoms.